The number of carboxylic acid groups (broad SMARTS) is 2. The van der Waals surface area contributed by atoms with Gasteiger partial charge in [-0.05, 0) is 18.2 Å². The Morgan fingerprint density at radius 1 is 1.06 bits per heavy atom. The van der Waals surface area contributed by atoms with E-state index in [0.29, 0.717) is 6.07 Å². The molecule has 0 heterocycles. The first-order valence-electron chi connectivity index (χ1n) is 3.79. The molecule has 94 valence electrons. The van der Waals surface area contributed by atoms with Crippen molar-refractivity contribution in [1.29, 1.82) is 0 Å². The highest BCUT2D eigenvalue weighted by Crippen LogP contribution is 2.19. The molecule has 0 fully saturated rings. The van der Waals surface area contributed by atoms with Gasteiger partial charge in [-0.25, -0.2) is 18.0 Å². The molecule has 2 N–H and O–H groups in total. The van der Waals surface area contributed by atoms with Crippen molar-refractivity contribution in [1.82, 2.24) is 0 Å². The number of benzene rings is 1. The minimum atomic E-state index is -4.09. The molecule has 0 aliphatic rings. The van der Waals surface area contributed by atoms with Crippen LogP contribution in [0.15, 0.2) is 23.1 Å². The molecular weight excluding hydrogens is 295 g/mol. The van der Waals surface area contributed by atoms with Crippen molar-refractivity contribution in [3.05, 3.63) is 29.3 Å². The van der Waals surface area contributed by atoms with E-state index in [1.54, 1.807) is 0 Å². The van der Waals surface area contributed by atoms with Crippen molar-refractivity contribution < 1.29 is 28.2 Å². The monoisotopic (exact) mass is 300 g/mol. The van der Waals surface area contributed by atoms with Crippen LogP contribution in [0.5, 0.6) is 0 Å². The predicted molar refractivity (Wildman–Crippen MR) is 60.6 cm³/mol. The lowest BCUT2D eigenvalue weighted by atomic mass is 10.1. The van der Waals surface area contributed by atoms with Crippen LogP contribution in [0.1, 0.15) is 20.7 Å². The number of aromatic carboxylic acids is 2. The molecule has 0 spiro atoms. The maximum atomic E-state index is 10.9. The molecule has 0 saturated carbocycles. The Hall–Kier alpha value is -1.31. The molecule has 1 aromatic carbocycles. The molecule has 0 amide bonds. The van der Waals surface area contributed by atoms with Gasteiger partial charge in [-0.2, -0.15) is 0 Å². The van der Waals surface area contributed by atoms with Gasteiger partial charge in [0, 0.05) is 10.7 Å². The fourth-order valence-electron chi connectivity index (χ4n) is 1.04. The van der Waals surface area contributed by atoms with Crippen LogP contribution in [0.3, 0.4) is 0 Å². The molecule has 0 radical (unpaired) electrons. The highest BCUT2D eigenvalue weighted by molar-refractivity contribution is 8.13. The average molecular weight is 301 g/mol. The van der Waals surface area contributed by atoms with Gasteiger partial charge in [0.2, 0.25) is 0 Å². The third kappa shape index (κ3) is 3.58. The van der Waals surface area contributed by atoms with Crippen molar-refractivity contribution in [2.75, 3.05) is 0 Å². The quantitative estimate of drug-likeness (QED) is 0.817. The van der Waals surface area contributed by atoms with E-state index in [9.17, 15) is 18.0 Å². The third-order valence-electron chi connectivity index (χ3n) is 1.73. The second kappa shape index (κ2) is 5.35. The molecule has 0 unspecified atom stereocenters. The largest absolute Gasteiger partial charge is 0.478 e. The molecule has 6 nitrogen and oxygen atoms in total. The fourth-order valence-corrected chi connectivity index (χ4v) is 1.82. The number of carboxylic acids is 2. The Morgan fingerprint density at radius 3 is 1.88 bits per heavy atom. The lowest BCUT2D eigenvalue weighted by Crippen LogP contribution is -2.09. The van der Waals surface area contributed by atoms with Gasteiger partial charge in [-0.15, -0.1) is 12.4 Å². The second-order valence-corrected chi connectivity index (χ2v) is 5.32. The standard InChI is InChI=1S/C8H5ClO6S.ClH/c9-16(14,15)4-1-2-5(7(10)11)6(3-4)8(12)13;/h1-3H,(H,10,11)(H,12,13);1H. The summed E-state index contributed by atoms with van der Waals surface area (Å²) in [6.45, 7) is 0. The zero-order valence-electron chi connectivity index (χ0n) is 7.95. The van der Waals surface area contributed by atoms with Crippen molar-refractivity contribution in [3.63, 3.8) is 0 Å². The normalized spacial score (nSPS) is 10.4. The molecule has 1 rings (SSSR count). The minimum absolute atomic E-state index is 0. The highest BCUT2D eigenvalue weighted by Gasteiger charge is 2.20. The molecule has 17 heavy (non-hydrogen) atoms. The van der Waals surface area contributed by atoms with Gasteiger partial charge in [0.05, 0.1) is 16.0 Å². The highest BCUT2D eigenvalue weighted by atomic mass is 35.7. The number of hydrogen-bond donors (Lipinski definition) is 2. The Labute approximate surface area is 107 Å². The van der Waals surface area contributed by atoms with E-state index >= 15 is 0 Å². The topological polar surface area (TPSA) is 109 Å². The van der Waals surface area contributed by atoms with Gasteiger partial charge >= 0.3 is 11.9 Å². The molecule has 0 saturated heterocycles. The molecule has 0 aliphatic carbocycles. The van der Waals surface area contributed by atoms with Crippen LogP contribution in [0.4, 0.5) is 0 Å². The first kappa shape index (κ1) is 15.7. The van der Waals surface area contributed by atoms with Crippen LogP contribution in [0.2, 0.25) is 0 Å². The maximum Gasteiger partial charge on any atom is 0.336 e. The van der Waals surface area contributed by atoms with Crippen LogP contribution in [-0.2, 0) is 9.05 Å². The predicted octanol–water partition coefficient (Wildman–Crippen LogP) is 1.43. The van der Waals surface area contributed by atoms with Crippen molar-refractivity contribution in [2.45, 2.75) is 4.90 Å². The summed E-state index contributed by atoms with van der Waals surface area (Å²) in [5.74, 6) is -3.00. The van der Waals surface area contributed by atoms with Crippen LogP contribution in [-0.4, -0.2) is 30.6 Å². The molecule has 1 aromatic rings. The summed E-state index contributed by atoms with van der Waals surface area (Å²) in [4.78, 5) is 20.9. The smallest absolute Gasteiger partial charge is 0.336 e. The lowest BCUT2D eigenvalue weighted by molar-refractivity contribution is 0.0651. The Bertz CT molecular complexity index is 565. The summed E-state index contributed by atoms with van der Waals surface area (Å²) in [6.07, 6.45) is 0. The van der Waals surface area contributed by atoms with Crippen LogP contribution in [0, 0.1) is 0 Å². The van der Waals surface area contributed by atoms with Crippen LogP contribution in [0.25, 0.3) is 0 Å². The van der Waals surface area contributed by atoms with Crippen LogP contribution >= 0.6 is 23.1 Å². The van der Waals surface area contributed by atoms with E-state index < -0.39 is 37.0 Å². The molecule has 0 aliphatic heterocycles. The molecule has 0 atom stereocenters. The summed E-state index contributed by atoms with van der Waals surface area (Å²) in [5, 5.41) is 17.4. The first-order chi connectivity index (χ1) is 7.23. The molecule has 0 aromatic heterocycles. The lowest BCUT2D eigenvalue weighted by Gasteiger charge is -2.03. The average Bonchev–Trinajstić information content (AvgIpc) is 2.15. The fraction of sp³-hybridized carbons (Fsp3) is 0. The summed E-state index contributed by atoms with van der Waals surface area (Å²) in [7, 11) is 0.914. The Kier molecular flexibility index (Phi) is 4.94. The zero-order valence-corrected chi connectivity index (χ0v) is 10.3. The van der Waals surface area contributed by atoms with Gasteiger partial charge < -0.3 is 10.2 Å². The van der Waals surface area contributed by atoms with Gasteiger partial charge in [0.15, 0.2) is 0 Å². The van der Waals surface area contributed by atoms with Crippen molar-refractivity contribution >= 4 is 44.1 Å². The Morgan fingerprint density at radius 2 is 1.53 bits per heavy atom. The number of hydrogen-bond acceptors (Lipinski definition) is 4. The minimum Gasteiger partial charge on any atom is -0.478 e. The summed E-state index contributed by atoms with van der Waals surface area (Å²) in [5.41, 5.74) is -1.13. The van der Waals surface area contributed by atoms with Gasteiger partial charge in [0.25, 0.3) is 9.05 Å². The van der Waals surface area contributed by atoms with E-state index in [2.05, 4.69) is 0 Å². The van der Waals surface area contributed by atoms with E-state index in [4.69, 9.17) is 20.9 Å². The SMILES string of the molecule is Cl.O=C(O)c1ccc(S(=O)(=O)Cl)cc1C(=O)O. The second-order valence-electron chi connectivity index (χ2n) is 2.76. The zero-order chi connectivity index (χ0) is 12.5. The van der Waals surface area contributed by atoms with E-state index in [1.807, 2.05) is 0 Å². The van der Waals surface area contributed by atoms with E-state index in [-0.39, 0.29) is 12.4 Å². The number of rotatable bonds is 3. The van der Waals surface area contributed by atoms with E-state index in [1.165, 1.54) is 0 Å². The number of carbonyl (C=O) groups is 2. The van der Waals surface area contributed by atoms with Gasteiger partial charge in [-0.3, -0.25) is 0 Å². The summed E-state index contributed by atoms with van der Waals surface area (Å²) in [6, 6.07) is 2.51. The van der Waals surface area contributed by atoms with E-state index in [0.717, 1.165) is 12.1 Å². The first-order valence-corrected chi connectivity index (χ1v) is 6.09. The van der Waals surface area contributed by atoms with Gasteiger partial charge in [-0.1, -0.05) is 0 Å². The third-order valence-corrected chi connectivity index (χ3v) is 3.08. The summed E-state index contributed by atoms with van der Waals surface area (Å²) < 4.78 is 21.8. The van der Waals surface area contributed by atoms with Gasteiger partial charge in [0.1, 0.15) is 0 Å². The maximum absolute atomic E-state index is 10.9. The molecule has 0 bridgehead atoms. The molecular formula is C8H6Cl2O6S. The van der Waals surface area contributed by atoms with Crippen molar-refractivity contribution in [2.24, 2.45) is 0 Å². The Balaban J connectivity index is 0.00000256. The number of halogens is 2. The van der Waals surface area contributed by atoms with Crippen LogP contribution < -0.4 is 0 Å². The molecule has 9 heteroatoms. The van der Waals surface area contributed by atoms with Crippen molar-refractivity contribution in [3.8, 4) is 0 Å². The summed E-state index contributed by atoms with van der Waals surface area (Å²) >= 11 is 0.